The van der Waals surface area contributed by atoms with Crippen LogP contribution in [-0.4, -0.2) is 31.3 Å². The van der Waals surface area contributed by atoms with Gasteiger partial charge in [0.1, 0.15) is 0 Å². The monoisotopic (exact) mass is 362 g/mol. The Hall–Kier alpha value is -0.550. The van der Waals surface area contributed by atoms with Gasteiger partial charge >= 0.3 is 156 Å². The van der Waals surface area contributed by atoms with Crippen LogP contribution in [0.4, 0.5) is 0 Å². The van der Waals surface area contributed by atoms with Crippen molar-refractivity contribution in [1.82, 2.24) is 0 Å². The summed E-state index contributed by atoms with van der Waals surface area (Å²) in [4.78, 5) is 0. The van der Waals surface area contributed by atoms with E-state index >= 15 is 0 Å². The van der Waals surface area contributed by atoms with E-state index in [0.29, 0.717) is 0 Å². The number of ether oxygens (including phenoxy) is 1. The Labute approximate surface area is 156 Å². The molecule has 0 N–H and O–H groups in total. The first-order chi connectivity index (χ1) is 12.2. The summed E-state index contributed by atoms with van der Waals surface area (Å²) in [5.74, 6) is 2.21. The van der Waals surface area contributed by atoms with Gasteiger partial charge in [-0.3, -0.25) is 0 Å². The average Bonchev–Trinajstić information content (AvgIpc) is 2.84. The van der Waals surface area contributed by atoms with Gasteiger partial charge in [0.25, 0.3) is 0 Å². The molecule has 1 aromatic carbocycles. The first-order valence-electron chi connectivity index (χ1n) is 10.9. The minimum atomic E-state index is -1.13. The predicted octanol–water partition coefficient (Wildman–Crippen LogP) is 6.59. The molecule has 0 unspecified atom stereocenters. The molecule has 0 amide bonds. The molecule has 2 aliphatic rings. The predicted molar refractivity (Wildman–Crippen MR) is 114 cm³/mol. The van der Waals surface area contributed by atoms with Gasteiger partial charge in [0, 0.05) is 0 Å². The van der Waals surface area contributed by atoms with Crippen LogP contribution in [0.2, 0.25) is 0 Å². The molecule has 0 spiro atoms. The molecule has 1 heterocycles. The maximum absolute atomic E-state index is 6.36. The third-order valence-electron chi connectivity index (χ3n) is 6.90. The van der Waals surface area contributed by atoms with Gasteiger partial charge in [-0.15, -0.1) is 0 Å². The van der Waals surface area contributed by atoms with E-state index in [9.17, 15) is 0 Å². The Morgan fingerprint density at radius 3 is 2.12 bits per heavy atom. The Bertz CT molecular complexity index is 505. The van der Waals surface area contributed by atoms with Crippen molar-refractivity contribution < 1.29 is 4.74 Å². The fourth-order valence-corrected chi connectivity index (χ4v) is 11.0. The molecular formula is C23H39OP. The summed E-state index contributed by atoms with van der Waals surface area (Å²) >= 11 is 0. The summed E-state index contributed by atoms with van der Waals surface area (Å²) in [7, 11) is -1.13. The Kier molecular flexibility index (Phi) is 7.23. The van der Waals surface area contributed by atoms with Crippen LogP contribution in [0, 0.1) is 19.8 Å². The van der Waals surface area contributed by atoms with Crippen molar-refractivity contribution in [1.29, 1.82) is 0 Å². The quantitative estimate of drug-likeness (QED) is 0.519. The van der Waals surface area contributed by atoms with Gasteiger partial charge in [-0.05, 0) is 0 Å². The maximum atomic E-state index is 6.36. The van der Waals surface area contributed by atoms with Gasteiger partial charge in [0.05, 0.1) is 0 Å². The molecule has 0 aromatic heterocycles. The van der Waals surface area contributed by atoms with Crippen molar-refractivity contribution in [3.8, 4) is 5.75 Å². The van der Waals surface area contributed by atoms with Crippen LogP contribution in [0.25, 0.3) is 0 Å². The van der Waals surface area contributed by atoms with E-state index in [4.69, 9.17) is 4.74 Å². The SMILES string of the molecule is Cc1cccc(C)c1OCC[PH]1(CC2CCCCC2)CCCCCC1. The van der Waals surface area contributed by atoms with Gasteiger partial charge in [0.2, 0.25) is 0 Å². The van der Waals surface area contributed by atoms with Crippen LogP contribution in [0.1, 0.15) is 68.9 Å². The summed E-state index contributed by atoms with van der Waals surface area (Å²) in [5, 5.41) is 0. The van der Waals surface area contributed by atoms with Crippen molar-refractivity contribution in [3.05, 3.63) is 29.3 Å². The van der Waals surface area contributed by atoms with Crippen LogP contribution in [-0.2, 0) is 0 Å². The van der Waals surface area contributed by atoms with E-state index in [1.54, 1.807) is 18.5 Å². The van der Waals surface area contributed by atoms with Crippen molar-refractivity contribution in [2.24, 2.45) is 5.92 Å². The Balaban J connectivity index is 1.62. The topological polar surface area (TPSA) is 9.23 Å². The van der Waals surface area contributed by atoms with E-state index in [2.05, 4.69) is 32.0 Å². The van der Waals surface area contributed by atoms with Gasteiger partial charge in [-0.2, -0.15) is 0 Å². The summed E-state index contributed by atoms with van der Waals surface area (Å²) < 4.78 is 6.36. The van der Waals surface area contributed by atoms with Crippen molar-refractivity contribution in [3.63, 3.8) is 0 Å². The number of hydrogen-bond donors (Lipinski definition) is 0. The molecule has 142 valence electrons. The number of rotatable bonds is 6. The molecule has 1 saturated heterocycles. The number of benzene rings is 1. The standard InChI is InChI=1S/C23H39OP/c1-20-11-10-12-21(2)23(20)24-15-18-25(16-8-3-4-9-17-25)19-22-13-6-5-7-14-22/h10-12,22,25H,3-9,13-19H2,1-2H3. The first kappa shape index (κ1) is 19.2. The summed E-state index contributed by atoms with van der Waals surface area (Å²) in [6, 6.07) is 6.51. The van der Waals surface area contributed by atoms with Gasteiger partial charge in [0.15, 0.2) is 0 Å². The van der Waals surface area contributed by atoms with Crippen molar-refractivity contribution in [2.45, 2.75) is 71.6 Å². The fourth-order valence-electron chi connectivity index (χ4n) is 5.43. The van der Waals surface area contributed by atoms with Crippen LogP contribution in [0.5, 0.6) is 5.75 Å². The molecule has 1 aromatic rings. The van der Waals surface area contributed by atoms with Crippen LogP contribution < -0.4 is 4.74 Å². The second kappa shape index (κ2) is 9.40. The Morgan fingerprint density at radius 2 is 1.48 bits per heavy atom. The van der Waals surface area contributed by atoms with Gasteiger partial charge < -0.3 is 0 Å². The fraction of sp³-hybridized carbons (Fsp3) is 0.739. The molecule has 3 rings (SSSR count). The molecule has 1 nitrogen and oxygen atoms in total. The molecule has 1 saturated carbocycles. The molecule has 0 atom stereocenters. The third kappa shape index (κ3) is 5.46. The van der Waals surface area contributed by atoms with E-state index in [1.807, 2.05) is 0 Å². The second-order valence-electron chi connectivity index (χ2n) is 8.94. The zero-order valence-corrected chi connectivity index (χ0v) is 17.6. The first-order valence-corrected chi connectivity index (χ1v) is 13.7. The molecule has 2 heteroatoms. The average molecular weight is 363 g/mol. The molecule has 0 radical (unpaired) electrons. The summed E-state index contributed by atoms with van der Waals surface area (Å²) in [6.45, 7) is 5.33. The molecular weight excluding hydrogens is 323 g/mol. The zero-order valence-electron chi connectivity index (χ0n) is 16.6. The normalized spacial score (nSPS) is 23.0. The van der Waals surface area contributed by atoms with Gasteiger partial charge in [-0.1, -0.05) is 0 Å². The molecule has 25 heavy (non-hydrogen) atoms. The van der Waals surface area contributed by atoms with Crippen molar-refractivity contribution in [2.75, 3.05) is 31.3 Å². The third-order valence-corrected chi connectivity index (χ3v) is 12.4. The van der Waals surface area contributed by atoms with E-state index in [1.165, 1.54) is 75.1 Å². The number of hydrogen-bond acceptors (Lipinski definition) is 1. The number of para-hydroxylation sites is 1. The van der Waals surface area contributed by atoms with Crippen LogP contribution in [0.3, 0.4) is 0 Å². The van der Waals surface area contributed by atoms with E-state index in [0.717, 1.165) is 18.3 Å². The minimum absolute atomic E-state index is 0.963. The Morgan fingerprint density at radius 1 is 0.880 bits per heavy atom. The molecule has 1 aliphatic carbocycles. The zero-order chi connectivity index (χ0) is 17.5. The van der Waals surface area contributed by atoms with Crippen LogP contribution >= 0.6 is 7.26 Å². The van der Waals surface area contributed by atoms with Gasteiger partial charge in [-0.25, -0.2) is 0 Å². The van der Waals surface area contributed by atoms with E-state index in [-0.39, 0.29) is 0 Å². The molecule has 0 bridgehead atoms. The number of aryl methyl sites for hydroxylation is 2. The van der Waals surface area contributed by atoms with Crippen LogP contribution in [0.15, 0.2) is 18.2 Å². The molecule has 1 aliphatic heterocycles. The second-order valence-corrected chi connectivity index (χ2v) is 13.9. The summed E-state index contributed by atoms with van der Waals surface area (Å²) in [5.41, 5.74) is 2.59. The summed E-state index contributed by atoms with van der Waals surface area (Å²) in [6.07, 6.45) is 19.7. The van der Waals surface area contributed by atoms with E-state index < -0.39 is 7.26 Å². The van der Waals surface area contributed by atoms with Crippen molar-refractivity contribution >= 4 is 7.26 Å². The molecule has 2 fully saturated rings.